The molecular formula is C24H22N4O4. The summed E-state index contributed by atoms with van der Waals surface area (Å²) >= 11 is 0. The summed E-state index contributed by atoms with van der Waals surface area (Å²) in [5.74, 6) is -0.375. The van der Waals surface area contributed by atoms with Crippen LogP contribution in [0.4, 0.5) is 0 Å². The zero-order valence-electron chi connectivity index (χ0n) is 17.4. The highest BCUT2D eigenvalue weighted by molar-refractivity contribution is 6.22. The lowest BCUT2D eigenvalue weighted by Gasteiger charge is -2.34. The number of piperazine rings is 1. The van der Waals surface area contributed by atoms with Crippen LogP contribution in [0.2, 0.25) is 0 Å². The summed E-state index contributed by atoms with van der Waals surface area (Å²) in [5, 5.41) is 0. The number of hydrogen-bond acceptors (Lipinski definition) is 6. The number of fused-ring (bicyclic) bond motifs is 1. The van der Waals surface area contributed by atoms with Gasteiger partial charge in [-0.2, -0.15) is 0 Å². The fourth-order valence-corrected chi connectivity index (χ4v) is 4.17. The molecule has 0 radical (unpaired) electrons. The van der Waals surface area contributed by atoms with E-state index in [0.29, 0.717) is 30.0 Å². The second kappa shape index (κ2) is 8.39. The molecular weight excluding hydrogens is 408 g/mol. The number of hydrogen-bond donors (Lipinski definition) is 0. The molecule has 2 aromatic heterocycles. The summed E-state index contributed by atoms with van der Waals surface area (Å²) < 4.78 is 5.26. The average molecular weight is 430 g/mol. The minimum Gasteiger partial charge on any atom is -0.467 e. The molecule has 0 saturated carbocycles. The van der Waals surface area contributed by atoms with Crippen LogP contribution >= 0.6 is 0 Å². The molecule has 2 aliphatic rings. The molecule has 8 heteroatoms. The Morgan fingerprint density at radius 3 is 2.47 bits per heavy atom. The van der Waals surface area contributed by atoms with Gasteiger partial charge >= 0.3 is 0 Å². The van der Waals surface area contributed by atoms with E-state index in [-0.39, 0.29) is 23.9 Å². The smallest absolute Gasteiger partial charge is 0.261 e. The van der Waals surface area contributed by atoms with Crippen molar-refractivity contribution < 1.29 is 18.8 Å². The second-order valence-electron chi connectivity index (χ2n) is 7.97. The first-order valence-corrected chi connectivity index (χ1v) is 10.5. The number of benzene rings is 1. The maximum Gasteiger partial charge on any atom is 0.261 e. The molecule has 1 aromatic carbocycles. The minimum absolute atomic E-state index is 0.0710. The number of aromatic nitrogens is 1. The first-order chi connectivity index (χ1) is 15.6. The van der Waals surface area contributed by atoms with Crippen LogP contribution in [-0.2, 0) is 13.1 Å². The van der Waals surface area contributed by atoms with Gasteiger partial charge in [-0.15, -0.1) is 0 Å². The van der Waals surface area contributed by atoms with Crippen LogP contribution < -0.4 is 0 Å². The number of carbonyl (C=O) groups excluding carboxylic acids is 3. The fraction of sp³-hybridized carbons (Fsp3) is 0.250. The maximum atomic E-state index is 13.1. The Bertz CT molecular complexity index is 1150. The fourth-order valence-electron chi connectivity index (χ4n) is 4.17. The Labute approximate surface area is 185 Å². The van der Waals surface area contributed by atoms with Crippen LogP contribution in [-0.4, -0.2) is 63.6 Å². The van der Waals surface area contributed by atoms with Crippen LogP contribution in [0, 0.1) is 0 Å². The van der Waals surface area contributed by atoms with Gasteiger partial charge in [0.05, 0.1) is 23.9 Å². The van der Waals surface area contributed by atoms with Crippen LogP contribution in [0.5, 0.6) is 0 Å². The van der Waals surface area contributed by atoms with Crippen LogP contribution in [0.15, 0.2) is 65.5 Å². The molecule has 1 saturated heterocycles. The van der Waals surface area contributed by atoms with Gasteiger partial charge in [-0.05, 0) is 42.0 Å². The quantitative estimate of drug-likeness (QED) is 0.578. The largest absolute Gasteiger partial charge is 0.467 e. The molecule has 162 valence electrons. The van der Waals surface area contributed by atoms with Gasteiger partial charge in [0, 0.05) is 50.7 Å². The van der Waals surface area contributed by atoms with E-state index in [1.54, 1.807) is 41.4 Å². The molecule has 1 fully saturated rings. The molecule has 0 unspecified atom stereocenters. The van der Waals surface area contributed by atoms with Gasteiger partial charge < -0.3 is 9.32 Å². The second-order valence-corrected chi connectivity index (χ2v) is 7.97. The summed E-state index contributed by atoms with van der Waals surface area (Å²) in [4.78, 5) is 47.9. The lowest BCUT2D eigenvalue weighted by Crippen LogP contribution is -2.48. The first-order valence-electron chi connectivity index (χ1n) is 10.5. The normalized spacial score (nSPS) is 16.5. The zero-order chi connectivity index (χ0) is 22.1. The highest BCUT2D eigenvalue weighted by atomic mass is 16.3. The molecule has 0 aliphatic carbocycles. The van der Waals surface area contributed by atoms with Crippen molar-refractivity contribution in [1.29, 1.82) is 0 Å². The van der Waals surface area contributed by atoms with Gasteiger partial charge in [-0.25, -0.2) is 0 Å². The van der Waals surface area contributed by atoms with E-state index in [0.717, 1.165) is 30.1 Å². The molecule has 4 heterocycles. The third kappa shape index (κ3) is 3.80. The van der Waals surface area contributed by atoms with E-state index in [9.17, 15) is 14.4 Å². The number of pyridine rings is 1. The molecule has 2 aliphatic heterocycles. The summed E-state index contributed by atoms with van der Waals surface area (Å²) in [6.07, 6.45) is 5.11. The van der Waals surface area contributed by atoms with Gasteiger partial charge in [0.25, 0.3) is 17.7 Å². The third-order valence-electron chi connectivity index (χ3n) is 5.90. The van der Waals surface area contributed by atoms with Gasteiger partial charge in [0.15, 0.2) is 0 Å². The summed E-state index contributed by atoms with van der Waals surface area (Å²) in [6.45, 7) is 3.61. The molecule has 0 bridgehead atoms. The van der Waals surface area contributed by atoms with E-state index in [4.69, 9.17) is 4.42 Å². The van der Waals surface area contributed by atoms with Gasteiger partial charge in [-0.1, -0.05) is 6.07 Å². The highest BCUT2D eigenvalue weighted by Gasteiger charge is 2.37. The predicted octanol–water partition coefficient (Wildman–Crippen LogP) is 2.43. The van der Waals surface area contributed by atoms with Crippen molar-refractivity contribution in [1.82, 2.24) is 19.7 Å². The van der Waals surface area contributed by atoms with Gasteiger partial charge in [-0.3, -0.25) is 29.2 Å². The van der Waals surface area contributed by atoms with E-state index in [1.807, 2.05) is 18.3 Å². The number of nitrogens with zero attached hydrogens (tertiary/aromatic N) is 4. The van der Waals surface area contributed by atoms with Crippen LogP contribution in [0.1, 0.15) is 42.4 Å². The van der Waals surface area contributed by atoms with Crippen molar-refractivity contribution in [3.05, 3.63) is 89.1 Å². The minimum atomic E-state index is -0.405. The van der Waals surface area contributed by atoms with Crippen molar-refractivity contribution >= 4 is 17.7 Å². The SMILES string of the molecule is O=C(c1ccc2c(c1)C(=O)N(Cc1ccco1)C2=O)N1CCN(Cc2cccnc2)CC1. The van der Waals surface area contributed by atoms with Crippen molar-refractivity contribution in [3.8, 4) is 0 Å². The Kier molecular flexibility index (Phi) is 5.28. The Morgan fingerprint density at radius 2 is 1.75 bits per heavy atom. The number of carbonyl (C=O) groups is 3. The van der Waals surface area contributed by atoms with E-state index in [1.165, 1.54) is 6.26 Å². The summed E-state index contributed by atoms with van der Waals surface area (Å²) in [7, 11) is 0. The highest BCUT2D eigenvalue weighted by Crippen LogP contribution is 2.26. The molecule has 3 aromatic rings. The summed E-state index contributed by atoms with van der Waals surface area (Å²) in [5.41, 5.74) is 2.15. The number of imide groups is 1. The molecule has 0 N–H and O–H groups in total. The van der Waals surface area contributed by atoms with Crippen molar-refractivity contribution in [2.75, 3.05) is 26.2 Å². The lowest BCUT2D eigenvalue weighted by atomic mass is 10.0. The molecule has 5 rings (SSSR count). The van der Waals surface area contributed by atoms with E-state index >= 15 is 0 Å². The number of furan rings is 1. The first kappa shape index (κ1) is 20.1. The molecule has 0 atom stereocenters. The standard InChI is InChI=1S/C24H22N4O4/c29-22(27-10-8-26(9-11-27)15-17-3-1-7-25-14-17)18-5-6-20-21(13-18)24(31)28(23(20)30)16-19-4-2-12-32-19/h1-7,12-14H,8-11,15-16H2. The lowest BCUT2D eigenvalue weighted by molar-refractivity contribution is 0.0623. The molecule has 0 spiro atoms. The van der Waals surface area contributed by atoms with Gasteiger partial charge in [0.1, 0.15) is 5.76 Å². The number of amides is 3. The zero-order valence-corrected chi connectivity index (χ0v) is 17.4. The third-order valence-corrected chi connectivity index (χ3v) is 5.90. The Morgan fingerprint density at radius 1 is 0.938 bits per heavy atom. The molecule has 32 heavy (non-hydrogen) atoms. The summed E-state index contributed by atoms with van der Waals surface area (Å²) in [6, 6.07) is 12.1. The van der Waals surface area contributed by atoms with Crippen LogP contribution in [0.3, 0.4) is 0 Å². The van der Waals surface area contributed by atoms with E-state index in [2.05, 4.69) is 9.88 Å². The van der Waals surface area contributed by atoms with Crippen LogP contribution in [0.25, 0.3) is 0 Å². The predicted molar refractivity (Wildman–Crippen MR) is 115 cm³/mol. The molecule has 8 nitrogen and oxygen atoms in total. The Hall–Kier alpha value is -3.78. The van der Waals surface area contributed by atoms with Crippen molar-refractivity contribution in [2.45, 2.75) is 13.1 Å². The number of rotatable bonds is 5. The maximum absolute atomic E-state index is 13.1. The molecule has 3 amide bonds. The van der Waals surface area contributed by atoms with Gasteiger partial charge in [0.2, 0.25) is 0 Å². The van der Waals surface area contributed by atoms with Crippen molar-refractivity contribution in [3.63, 3.8) is 0 Å². The van der Waals surface area contributed by atoms with Crippen molar-refractivity contribution in [2.24, 2.45) is 0 Å². The monoisotopic (exact) mass is 430 g/mol. The van der Waals surface area contributed by atoms with E-state index < -0.39 is 5.91 Å². The topological polar surface area (TPSA) is 87.0 Å². The Balaban J connectivity index is 1.25. The average Bonchev–Trinajstić information content (AvgIpc) is 3.43.